The number of nitrogens with zero attached hydrogens (tertiary/aromatic N) is 4. The number of hydrogen-bond acceptors (Lipinski definition) is 7. The summed E-state index contributed by atoms with van der Waals surface area (Å²) in [7, 11) is 0. The first kappa shape index (κ1) is 24.3. The lowest BCUT2D eigenvalue weighted by molar-refractivity contribution is -0.122. The van der Waals surface area contributed by atoms with E-state index >= 15 is 0 Å². The molecule has 2 aromatic rings. The van der Waals surface area contributed by atoms with Crippen molar-refractivity contribution in [3.63, 3.8) is 0 Å². The molecule has 2 aliphatic heterocycles. The van der Waals surface area contributed by atoms with Crippen molar-refractivity contribution in [3.05, 3.63) is 47.9 Å². The normalized spacial score (nSPS) is 26.8. The van der Waals surface area contributed by atoms with Crippen LogP contribution in [0, 0.1) is 18.8 Å². The molecule has 1 aliphatic carbocycles. The highest BCUT2D eigenvalue weighted by Crippen LogP contribution is 2.39. The molecule has 0 bridgehead atoms. The maximum Gasteiger partial charge on any atom is 0.290 e. The molecule has 9 heteroatoms. The first-order chi connectivity index (χ1) is 16.5. The van der Waals surface area contributed by atoms with Crippen LogP contribution >= 0.6 is 0 Å². The predicted molar refractivity (Wildman–Crippen MR) is 125 cm³/mol. The Morgan fingerprint density at radius 2 is 1.76 bits per heavy atom. The molecule has 5 rings (SSSR count). The number of benzene rings is 1. The average Bonchev–Trinajstić information content (AvgIpc) is 3.27. The molecule has 0 radical (unpaired) electrons. The molecule has 3 heterocycles. The number of carbonyl (C=O) groups is 2. The second-order valence-electron chi connectivity index (χ2n) is 9.14. The van der Waals surface area contributed by atoms with Crippen LogP contribution in [0.1, 0.15) is 29.0 Å². The van der Waals surface area contributed by atoms with E-state index < -0.39 is 0 Å². The molecule has 1 aromatic heterocycles. The predicted octanol–water partition coefficient (Wildman–Crippen LogP) is 1.70. The van der Waals surface area contributed by atoms with E-state index in [0.29, 0.717) is 35.5 Å². The molecule has 1 saturated carbocycles. The summed E-state index contributed by atoms with van der Waals surface area (Å²) < 4.78 is 5.48. The fourth-order valence-corrected chi connectivity index (χ4v) is 5.49. The molecule has 9 nitrogen and oxygen atoms in total. The second-order valence-corrected chi connectivity index (χ2v) is 9.14. The Morgan fingerprint density at radius 1 is 1.12 bits per heavy atom. The summed E-state index contributed by atoms with van der Waals surface area (Å²) in [5.41, 5.74) is 2.18. The molecule has 182 valence electrons. The van der Waals surface area contributed by atoms with E-state index in [0.717, 1.165) is 51.3 Å². The third-order valence-electron chi connectivity index (χ3n) is 7.10. The summed E-state index contributed by atoms with van der Waals surface area (Å²) in [4.78, 5) is 35.1. The van der Waals surface area contributed by atoms with E-state index in [1.807, 2.05) is 42.2 Å². The lowest BCUT2D eigenvalue weighted by Crippen LogP contribution is -2.53. The van der Waals surface area contributed by atoms with Crippen LogP contribution in [0.5, 0.6) is 0 Å². The summed E-state index contributed by atoms with van der Waals surface area (Å²) in [6.45, 7) is 6.25. The molecule has 34 heavy (non-hydrogen) atoms. The lowest BCUT2D eigenvalue weighted by Gasteiger charge is -2.43. The van der Waals surface area contributed by atoms with Crippen molar-refractivity contribution in [2.75, 3.05) is 39.4 Å². The Labute approximate surface area is 199 Å². The molecule has 2 saturated heterocycles. The maximum absolute atomic E-state index is 13.5. The number of rotatable bonds is 3. The molecule has 1 amide bonds. The van der Waals surface area contributed by atoms with Gasteiger partial charge in [0.15, 0.2) is 0 Å². The topological polar surface area (TPSA) is 116 Å². The Bertz CT molecular complexity index is 983. The zero-order chi connectivity index (χ0) is 24.1. The number of aromatic nitrogens is 2. The molecule has 4 atom stereocenters. The molecular formula is C25H32N4O5. The van der Waals surface area contributed by atoms with Crippen LogP contribution in [0.15, 0.2) is 36.5 Å². The molecule has 0 spiro atoms. The number of morpholine rings is 1. The van der Waals surface area contributed by atoms with Gasteiger partial charge in [0.2, 0.25) is 0 Å². The molecule has 1 aromatic carbocycles. The van der Waals surface area contributed by atoms with Crippen LogP contribution in [-0.2, 0) is 9.53 Å². The molecular weight excluding hydrogens is 436 g/mol. The SMILES string of the molecule is Cc1ncc(C(=O)N2C[C@H]3C[C@@H](N4CCOCC4)[C@H](O)C[C@H]3C2)c(-c2ccccc2)n1.O=CO. The second kappa shape index (κ2) is 11.0. The number of carboxylic acid groups (broad SMARTS) is 1. The summed E-state index contributed by atoms with van der Waals surface area (Å²) in [5.74, 6) is 1.42. The van der Waals surface area contributed by atoms with Gasteiger partial charge in [0, 0.05) is 44.0 Å². The largest absolute Gasteiger partial charge is 0.483 e. The van der Waals surface area contributed by atoms with Crippen molar-refractivity contribution < 1.29 is 24.5 Å². The number of aliphatic hydroxyl groups excluding tert-OH is 1. The van der Waals surface area contributed by atoms with Gasteiger partial charge in [-0.25, -0.2) is 9.97 Å². The van der Waals surface area contributed by atoms with E-state index in [1.165, 1.54) is 0 Å². The Kier molecular flexibility index (Phi) is 7.87. The van der Waals surface area contributed by atoms with E-state index in [2.05, 4.69) is 14.9 Å². The number of aliphatic hydroxyl groups is 1. The zero-order valence-corrected chi connectivity index (χ0v) is 19.4. The van der Waals surface area contributed by atoms with E-state index in [-0.39, 0.29) is 24.5 Å². The minimum Gasteiger partial charge on any atom is -0.483 e. The van der Waals surface area contributed by atoms with Crippen molar-refractivity contribution in [3.8, 4) is 11.3 Å². The Balaban J connectivity index is 0.000000868. The van der Waals surface area contributed by atoms with Crippen molar-refractivity contribution in [2.24, 2.45) is 11.8 Å². The maximum atomic E-state index is 13.5. The fraction of sp³-hybridized carbons (Fsp3) is 0.520. The van der Waals surface area contributed by atoms with Gasteiger partial charge in [-0.2, -0.15) is 0 Å². The van der Waals surface area contributed by atoms with Crippen LogP contribution in [0.4, 0.5) is 0 Å². The van der Waals surface area contributed by atoms with E-state index in [1.54, 1.807) is 6.20 Å². The van der Waals surface area contributed by atoms with Crippen molar-refractivity contribution in [1.82, 2.24) is 19.8 Å². The summed E-state index contributed by atoms with van der Waals surface area (Å²) in [5, 5.41) is 17.7. The lowest BCUT2D eigenvalue weighted by atomic mass is 9.77. The number of ether oxygens (including phenoxy) is 1. The average molecular weight is 469 g/mol. The third-order valence-corrected chi connectivity index (χ3v) is 7.10. The summed E-state index contributed by atoms with van der Waals surface area (Å²) in [6.07, 6.45) is 3.02. The zero-order valence-electron chi connectivity index (χ0n) is 19.4. The highest BCUT2D eigenvalue weighted by Gasteiger charge is 2.45. The van der Waals surface area contributed by atoms with Crippen LogP contribution in [-0.4, -0.2) is 93.9 Å². The quantitative estimate of drug-likeness (QED) is 0.654. The summed E-state index contributed by atoms with van der Waals surface area (Å²) in [6, 6.07) is 10.00. The van der Waals surface area contributed by atoms with Gasteiger partial charge in [0.1, 0.15) is 5.82 Å². The summed E-state index contributed by atoms with van der Waals surface area (Å²) >= 11 is 0. The van der Waals surface area contributed by atoms with Crippen LogP contribution in [0.2, 0.25) is 0 Å². The molecule has 3 fully saturated rings. The number of carbonyl (C=O) groups excluding carboxylic acids is 1. The van der Waals surface area contributed by atoms with Gasteiger partial charge < -0.3 is 19.8 Å². The van der Waals surface area contributed by atoms with Crippen LogP contribution < -0.4 is 0 Å². The van der Waals surface area contributed by atoms with E-state index in [9.17, 15) is 9.90 Å². The Morgan fingerprint density at radius 3 is 2.44 bits per heavy atom. The smallest absolute Gasteiger partial charge is 0.290 e. The van der Waals surface area contributed by atoms with Crippen LogP contribution in [0.25, 0.3) is 11.3 Å². The highest BCUT2D eigenvalue weighted by atomic mass is 16.5. The third kappa shape index (κ3) is 5.27. The molecule has 0 unspecified atom stereocenters. The standard InChI is InChI=1S/C24H30N4O3.CH2O2/c1-16-25-13-20(23(26-16)17-5-3-2-4-6-17)24(30)28-14-18-11-21(22(29)12-19(18)15-28)27-7-9-31-10-8-27;2-1-3/h2-6,13,18-19,21-22,29H,7-12,14-15H2,1H3;1H,(H,2,3)/t18-,19+,21-,22-;/m1./s1. The monoisotopic (exact) mass is 468 g/mol. The van der Waals surface area contributed by atoms with Crippen molar-refractivity contribution in [2.45, 2.75) is 31.9 Å². The Hall–Kier alpha value is -2.88. The minimum absolute atomic E-state index is 0.00864. The van der Waals surface area contributed by atoms with Crippen LogP contribution in [0.3, 0.4) is 0 Å². The first-order valence-electron chi connectivity index (χ1n) is 11.8. The number of likely N-dealkylation sites (tertiary alicyclic amines) is 1. The van der Waals surface area contributed by atoms with E-state index in [4.69, 9.17) is 14.6 Å². The van der Waals surface area contributed by atoms with Gasteiger partial charge in [0.05, 0.1) is 30.6 Å². The molecule has 3 aliphatic rings. The van der Waals surface area contributed by atoms with Gasteiger partial charge in [-0.3, -0.25) is 14.5 Å². The minimum atomic E-state index is -0.336. The first-order valence-corrected chi connectivity index (χ1v) is 11.8. The van der Waals surface area contributed by atoms with Gasteiger partial charge in [-0.15, -0.1) is 0 Å². The van der Waals surface area contributed by atoms with Gasteiger partial charge in [-0.05, 0) is 31.6 Å². The van der Waals surface area contributed by atoms with Gasteiger partial charge in [-0.1, -0.05) is 30.3 Å². The number of fused-ring (bicyclic) bond motifs is 1. The fourth-order valence-electron chi connectivity index (χ4n) is 5.49. The van der Waals surface area contributed by atoms with Crippen molar-refractivity contribution in [1.29, 1.82) is 0 Å². The number of amides is 1. The van der Waals surface area contributed by atoms with Gasteiger partial charge in [0.25, 0.3) is 12.4 Å². The molecule has 2 N–H and O–H groups in total. The number of aryl methyl sites for hydroxylation is 1. The highest BCUT2D eigenvalue weighted by molar-refractivity contribution is 5.99. The number of hydrogen-bond donors (Lipinski definition) is 2. The van der Waals surface area contributed by atoms with Gasteiger partial charge >= 0.3 is 0 Å². The van der Waals surface area contributed by atoms with Crippen molar-refractivity contribution >= 4 is 12.4 Å².